The number of hydrogen-bond donors (Lipinski definition) is 1. The van der Waals surface area contributed by atoms with Crippen LogP contribution in [0.3, 0.4) is 0 Å². The van der Waals surface area contributed by atoms with Crippen molar-refractivity contribution in [1.82, 2.24) is 0 Å². The van der Waals surface area contributed by atoms with Crippen molar-refractivity contribution < 1.29 is 26.7 Å². The van der Waals surface area contributed by atoms with Gasteiger partial charge in [0.2, 0.25) is 0 Å². The van der Waals surface area contributed by atoms with Crippen molar-refractivity contribution >= 4 is 11.8 Å². The van der Waals surface area contributed by atoms with E-state index >= 15 is 0 Å². The lowest BCUT2D eigenvalue weighted by Crippen LogP contribution is -3.00. The zero-order chi connectivity index (χ0) is 8.10. The molecule has 1 heterocycles. The summed E-state index contributed by atoms with van der Waals surface area (Å²) in [5.41, 5.74) is 0. The van der Waals surface area contributed by atoms with Gasteiger partial charge in [0.1, 0.15) is 6.61 Å². The van der Waals surface area contributed by atoms with E-state index in [0.29, 0.717) is 6.54 Å². The number of hydrogen-bond acceptors (Lipinski definition) is 2. The largest absolute Gasteiger partial charge is 1.00 e. The van der Waals surface area contributed by atoms with Crippen LogP contribution in [0.1, 0.15) is 0 Å². The van der Waals surface area contributed by atoms with E-state index in [2.05, 4.69) is 0 Å². The fourth-order valence-corrected chi connectivity index (χ4v) is 1.24. The van der Waals surface area contributed by atoms with Crippen LogP contribution in [0.15, 0.2) is 29.4 Å². The first-order chi connectivity index (χ1) is 5.36. The molecular formula is C8H12BrNOS. The summed E-state index contributed by atoms with van der Waals surface area (Å²) in [6.07, 6.45) is 6.00. The first-order valence-corrected chi connectivity index (χ1v) is 4.73. The van der Waals surface area contributed by atoms with Gasteiger partial charge in [-0.3, -0.25) is 0 Å². The van der Waals surface area contributed by atoms with Crippen LogP contribution >= 0.6 is 11.8 Å². The van der Waals surface area contributed by atoms with Gasteiger partial charge in [-0.25, -0.2) is 4.57 Å². The molecule has 12 heavy (non-hydrogen) atoms. The number of halogens is 1. The molecule has 1 rings (SSSR count). The maximum absolute atomic E-state index is 8.62. The molecule has 0 radical (unpaired) electrons. The number of aliphatic hydroxyl groups excluding tert-OH is 1. The van der Waals surface area contributed by atoms with Gasteiger partial charge in [-0.1, -0.05) is 0 Å². The van der Waals surface area contributed by atoms with Crippen LogP contribution in [0.25, 0.3) is 0 Å². The Labute approximate surface area is 87.4 Å². The van der Waals surface area contributed by atoms with E-state index in [4.69, 9.17) is 5.11 Å². The summed E-state index contributed by atoms with van der Waals surface area (Å²) >= 11 is 1.72. The highest BCUT2D eigenvalue weighted by atomic mass is 79.9. The van der Waals surface area contributed by atoms with Crippen LogP contribution in [0.4, 0.5) is 0 Å². The van der Waals surface area contributed by atoms with E-state index in [1.54, 1.807) is 11.8 Å². The van der Waals surface area contributed by atoms with Crippen LogP contribution in [0, 0.1) is 0 Å². The summed E-state index contributed by atoms with van der Waals surface area (Å²) < 4.78 is 1.96. The molecule has 4 heteroatoms. The molecule has 0 aromatic carbocycles. The smallest absolute Gasteiger partial charge is 0.171 e. The summed E-state index contributed by atoms with van der Waals surface area (Å²) in [7, 11) is 0. The van der Waals surface area contributed by atoms with E-state index in [1.165, 1.54) is 4.90 Å². The van der Waals surface area contributed by atoms with Crippen molar-refractivity contribution in [2.45, 2.75) is 11.4 Å². The molecule has 2 nitrogen and oxygen atoms in total. The second-order valence-electron chi connectivity index (χ2n) is 2.20. The quantitative estimate of drug-likeness (QED) is 0.481. The van der Waals surface area contributed by atoms with Crippen molar-refractivity contribution in [3.8, 4) is 0 Å². The number of aromatic nitrogens is 1. The molecular weight excluding hydrogens is 238 g/mol. The third kappa shape index (κ3) is 3.56. The second-order valence-corrected chi connectivity index (χ2v) is 3.08. The molecule has 0 aliphatic heterocycles. The summed E-state index contributed by atoms with van der Waals surface area (Å²) in [6, 6.07) is 4.08. The number of nitrogens with zero attached hydrogens (tertiary/aromatic N) is 1. The fraction of sp³-hybridized carbons (Fsp3) is 0.375. The predicted molar refractivity (Wildman–Crippen MR) is 45.5 cm³/mol. The average molecular weight is 250 g/mol. The van der Waals surface area contributed by atoms with Crippen LogP contribution in [0.5, 0.6) is 0 Å². The molecule has 0 unspecified atom stereocenters. The lowest BCUT2D eigenvalue weighted by molar-refractivity contribution is -0.698. The van der Waals surface area contributed by atoms with Crippen molar-refractivity contribution in [3.63, 3.8) is 0 Å². The first kappa shape index (κ1) is 11.9. The lowest BCUT2D eigenvalue weighted by Gasteiger charge is -1.94. The Kier molecular flexibility index (Phi) is 6.42. The third-order valence-electron chi connectivity index (χ3n) is 1.45. The monoisotopic (exact) mass is 249 g/mol. The minimum atomic E-state index is 0. The maximum atomic E-state index is 8.62. The Bertz CT molecular complexity index is 215. The number of rotatable bonds is 3. The lowest BCUT2D eigenvalue weighted by atomic mass is 10.5. The van der Waals surface area contributed by atoms with Crippen LogP contribution in [-0.2, 0) is 6.54 Å². The molecule has 0 amide bonds. The zero-order valence-electron chi connectivity index (χ0n) is 6.90. The SMILES string of the molecule is CSc1cc[n+](CCO)cc1.[Br-]. The predicted octanol–water partition coefficient (Wildman–Crippen LogP) is -2.31. The molecule has 0 saturated carbocycles. The minimum Gasteiger partial charge on any atom is -1.00 e. The Morgan fingerprint density at radius 3 is 2.42 bits per heavy atom. The van der Waals surface area contributed by atoms with Gasteiger partial charge in [0, 0.05) is 17.0 Å². The van der Waals surface area contributed by atoms with E-state index in [9.17, 15) is 0 Å². The normalized spacial score (nSPS) is 9.17. The zero-order valence-corrected chi connectivity index (χ0v) is 9.31. The van der Waals surface area contributed by atoms with Crippen LogP contribution < -0.4 is 21.5 Å². The van der Waals surface area contributed by atoms with Gasteiger partial charge in [-0.2, -0.15) is 0 Å². The summed E-state index contributed by atoms with van der Waals surface area (Å²) in [5, 5.41) is 8.62. The van der Waals surface area contributed by atoms with Crippen molar-refractivity contribution in [1.29, 1.82) is 0 Å². The summed E-state index contributed by atoms with van der Waals surface area (Å²) in [4.78, 5) is 1.25. The first-order valence-electron chi connectivity index (χ1n) is 3.51. The highest BCUT2D eigenvalue weighted by Crippen LogP contribution is 2.10. The molecule has 0 aliphatic rings. The van der Waals surface area contributed by atoms with Gasteiger partial charge in [0.15, 0.2) is 18.9 Å². The van der Waals surface area contributed by atoms with Crippen molar-refractivity contribution in [2.24, 2.45) is 0 Å². The van der Waals surface area contributed by atoms with Crippen LogP contribution in [0.2, 0.25) is 0 Å². The Morgan fingerprint density at radius 2 is 2.00 bits per heavy atom. The second kappa shape index (κ2) is 6.46. The maximum Gasteiger partial charge on any atom is 0.171 e. The molecule has 1 N–H and O–H groups in total. The van der Waals surface area contributed by atoms with Gasteiger partial charge < -0.3 is 22.1 Å². The Hall–Kier alpha value is -0.0600. The molecule has 0 fully saturated rings. The molecule has 0 spiro atoms. The van der Waals surface area contributed by atoms with E-state index in [1.807, 2.05) is 35.3 Å². The summed E-state index contributed by atoms with van der Waals surface area (Å²) in [6.45, 7) is 0.873. The Morgan fingerprint density at radius 1 is 1.42 bits per heavy atom. The topological polar surface area (TPSA) is 24.1 Å². The molecule has 68 valence electrons. The molecule has 0 bridgehead atoms. The highest BCUT2D eigenvalue weighted by molar-refractivity contribution is 7.98. The number of aliphatic hydroxyl groups is 1. The van der Waals surface area contributed by atoms with Gasteiger partial charge in [0.05, 0.1) is 0 Å². The third-order valence-corrected chi connectivity index (χ3v) is 2.20. The van der Waals surface area contributed by atoms with Gasteiger partial charge in [0.25, 0.3) is 0 Å². The van der Waals surface area contributed by atoms with Crippen LogP contribution in [-0.4, -0.2) is 18.0 Å². The van der Waals surface area contributed by atoms with Gasteiger partial charge in [-0.05, 0) is 6.26 Å². The van der Waals surface area contributed by atoms with E-state index < -0.39 is 0 Å². The average Bonchev–Trinajstić information content (AvgIpc) is 2.07. The van der Waals surface area contributed by atoms with Gasteiger partial charge in [-0.15, -0.1) is 11.8 Å². The molecule has 0 saturated heterocycles. The standard InChI is InChI=1S/C8H12NOS.BrH/c1-11-8-2-4-9(5-3-8)6-7-10;/h2-5,10H,6-7H2,1H3;1H/q+1;/p-1. The number of pyridine rings is 1. The molecule has 0 atom stereocenters. The van der Waals surface area contributed by atoms with Gasteiger partial charge >= 0.3 is 0 Å². The molecule has 0 aliphatic carbocycles. The minimum absolute atomic E-state index is 0. The summed E-state index contributed by atoms with van der Waals surface area (Å²) in [5.74, 6) is 0. The van der Waals surface area contributed by atoms with E-state index in [-0.39, 0.29) is 23.6 Å². The fourth-order valence-electron chi connectivity index (χ4n) is 0.844. The highest BCUT2D eigenvalue weighted by Gasteiger charge is 1.97. The van der Waals surface area contributed by atoms with Crippen molar-refractivity contribution in [2.75, 3.05) is 12.9 Å². The molecule has 1 aromatic rings. The Balaban J connectivity index is 0.00000121. The van der Waals surface area contributed by atoms with E-state index in [0.717, 1.165) is 0 Å². The molecule has 1 aromatic heterocycles. The number of thioether (sulfide) groups is 1. The van der Waals surface area contributed by atoms with Crippen molar-refractivity contribution in [3.05, 3.63) is 24.5 Å².